The van der Waals surface area contributed by atoms with Gasteiger partial charge in [0.25, 0.3) is 0 Å². The molecule has 0 amide bonds. The Bertz CT molecular complexity index is 481. The van der Waals surface area contributed by atoms with Gasteiger partial charge in [-0.1, -0.05) is 24.3 Å². The number of esters is 1. The van der Waals surface area contributed by atoms with Crippen LogP contribution in [0, 0.1) is 0 Å². The van der Waals surface area contributed by atoms with E-state index in [1.807, 2.05) is 12.1 Å². The van der Waals surface area contributed by atoms with Gasteiger partial charge in [-0.2, -0.15) is 0 Å². The first-order valence-corrected chi connectivity index (χ1v) is 6.73. The van der Waals surface area contributed by atoms with Crippen LogP contribution in [-0.4, -0.2) is 50.8 Å². The third-order valence-corrected chi connectivity index (χ3v) is 3.74. The Morgan fingerprint density at radius 3 is 2.55 bits per heavy atom. The van der Waals surface area contributed by atoms with Gasteiger partial charge in [-0.15, -0.1) is 0 Å². The Kier molecular flexibility index (Phi) is 4.93. The van der Waals surface area contributed by atoms with Gasteiger partial charge in [-0.05, 0) is 31.2 Å². The van der Waals surface area contributed by atoms with E-state index in [1.165, 1.54) is 7.11 Å². The Balaban J connectivity index is 1.99. The van der Waals surface area contributed by atoms with E-state index in [0.717, 1.165) is 18.5 Å². The van der Waals surface area contributed by atoms with Crippen LogP contribution >= 0.6 is 0 Å². The summed E-state index contributed by atoms with van der Waals surface area (Å²) in [6.45, 7) is 0.965. The molecule has 0 radical (unpaired) electrons. The number of nitrogens with zero attached hydrogens (tertiary/aromatic N) is 1. The minimum atomic E-state index is -0.306. The van der Waals surface area contributed by atoms with Gasteiger partial charge < -0.3 is 9.47 Å². The van der Waals surface area contributed by atoms with E-state index >= 15 is 0 Å². The van der Waals surface area contributed by atoms with Crippen LogP contribution in [0.15, 0.2) is 30.3 Å². The fourth-order valence-corrected chi connectivity index (χ4v) is 2.45. The highest BCUT2D eigenvalue weighted by Gasteiger charge is 2.27. The van der Waals surface area contributed by atoms with Crippen molar-refractivity contribution in [1.82, 2.24) is 4.90 Å². The second-order valence-electron chi connectivity index (χ2n) is 5.07. The summed E-state index contributed by atoms with van der Waals surface area (Å²) in [5.41, 5.74) is 1.65. The summed E-state index contributed by atoms with van der Waals surface area (Å²) >= 11 is 0. The summed E-state index contributed by atoms with van der Waals surface area (Å²) in [7, 11) is 5.25. The van der Waals surface area contributed by atoms with E-state index in [1.54, 1.807) is 19.2 Å². The standard InChI is InChI=1S/C16H21NO3/c1-17-11-15(19-2)10-14(17)9-6-12-4-7-13(8-5-12)16(18)20-3/h4-9,14-15H,10-11H2,1-3H3/b9-6+/t14-,15-/m1/s1. The van der Waals surface area contributed by atoms with Crippen molar-refractivity contribution in [2.75, 3.05) is 27.8 Å². The lowest BCUT2D eigenvalue weighted by molar-refractivity contribution is 0.0600. The predicted molar refractivity (Wildman–Crippen MR) is 78.6 cm³/mol. The third-order valence-electron chi connectivity index (χ3n) is 3.74. The highest BCUT2D eigenvalue weighted by Crippen LogP contribution is 2.20. The lowest BCUT2D eigenvalue weighted by Crippen LogP contribution is -2.23. The zero-order chi connectivity index (χ0) is 14.5. The molecule has 1 fully saturated rings. The molecule has 1 saturated heterocycles. The SMILES string of the molecule is COC(=O)c1ccc(/C=C/[C@@H]2C[C@@H](OC)CN2C)cc1. The number of carbonyl (C=O) groups is 1. The van der Waals surface area contributed by atoms with Crippen LogP contribution < -0.4 is 0 Å². The number of carbonyl (C=O) groups excluding carboxylic acids is 1. The molecule has 0 saturated carbocycles. The summed E-state index contributed by atoms with van der Waals surface area (Å²) < 4.78 is 10.1. The monoisotopic (exact) mass is 275 g/mol. The largest absolute Gasteiger partial charge is 0.465 e. The van der Waals surface area contributed by atoms with Crippen molar-refractivity contribution in [3.63, 3.8) is 0 Å². The van der Waals surface area contributed by atoms with E-state index < -0.39 is 0 Å². The summed E-state index contributed by atoms with van der Waals surface area (Å²) in [6.07, 6.45) is 5.60. The molecule has 0 N–H and O–H groups in total. The second-order valence-corrected chi connectivity index (χ2v) is 5.07. The number of hydrogen-bond acceptors (Lipinski definition) is 4. The minimum absolute atomic E-state index is 0.306. The number of likely N-dealkylation sites (tertiary alicyclic amines) is 1. The van der Waals surface area contributed by atoms with Gasteiger partial charge in [0.05, 0.1) is 18.8 Å². The van der Waals surface area contributed by atoms with Crippen molar-refractivity contribution in [2.45, 2.75) is 18.6 Å². The zero-order valence-corrected chi connectivity index (χ0v) is 12.2. The molecular weight excluding hydrogens is 254 g/mol. The molecule has 4 heteroatoms. The molecule has 1 aliphatic heterocycles. The van der Waals surface area contributed by atoms with Crippen LogP contribution in [0.25, 0.3) is 6.08 Å². The van der Waals surface area contributed by atoms with Crippen LogP contribution in [0.2, 0.25) is 0 Å². The van der Waals surface area contributed by atoms with Crippen LogP contribution in [-0.2, 0) is 9.47 Å². The van der Waals surface area contributed by atoms with E-state index in [9.17, 15) is 4.79 Å². The number of rotatable bonds is 4. The molecular formula is C16H21NO3. The van der Waals surface area contributed by atoms with E-state index in [4.69, 9.17) is 4.74 Å². The molecule has 0 bridgehead atoms. The fourth-order valence-electron chi connectivity index (χ4n) is 2.45. The highest BCUT2D eigenvalue weighted by atomic mass is 16.5. The average Bonchev–Trinajstić information content (AvgIpc) is 2.85. The van der Waals surface area contributed by atoms with E-state index in [-0.39, 0.29) is 5.97 Å². The number of hydrogen-bond donors (Lipinski definition) is 0. The van der Waals surface area contributed by atoms with Gasteiger partial charge in [0.1, 0.15) is 0 Å². The van der Waals surface area contributed by atoms with Gasteiger partial charge in [-0.25, -0.2) is 4.79 Å². The van der Waals surface area contributed by atoms with Crippen molar-refractivity contribution < 1.29 is 14.3 Å². The smallest absolute Gasteiger partial charge is 0.337 e. The van der Waals surface area contributed by atoms with Gasteiger partial charge >= 0.3 is 5.97 Å². The molecule has 0 aromatic heterocycles. The molecule has 1 aromatic rings. The normalized spacial score (nSPS) is 23.4. The molecule has 0 aliphatic carbocycles. The molecule has 0 unspecified atom stereocenters. The number of likely N-dealkylation sites (N-methyl/N-ethyl adjacent to an activating group) is 1. The first-order chi connectivity index (χ1) is 9.63. The van der Waals surface area contributed by atoms with Crippen LogP contribution in [0.4, 0.5) is 0 Å². The molecule has 4 nitrogen and oxygen atoms in total. The molecule has 108 valence electrons. The quantitative estimate of drug-likeness (QED) is 0.790. The topological polar surface area (TPSA) is 38.8 Å². The number of methoxy groups -OCH3 is 2. The molecule has 0 spiro atoms. The lowest BCUT2D eigenvalue weighted by atomic mass is 10.1. The van der Waals surface area contributed by atoms with Crippen LogP contribution in [0.1, 0.15) is 22.3 Å². The maximum absolute atomic E-state index is 11.3. The summed E-state index contributed by atoms with van der Waals surface area (Å²) in [5, 5.41) is 0. The Morgan fingerprint density at radius 1 is 1.30 bits per heavy atom. The fraction of sp³-hybridized carbons (Fsp3) is 0.438. The average molecular weight is 275 g/mol. The maximum atomic E-state index is 11.3. The minimum Gasteiger partial charge on any atom is -0.465 e. The van der Waals surface area contributed by atoms with Gasteiger partial charge in [0, 0.05) is 19.7 Å². The maximum Gasteiger partial charge on any atom is 0.337 e. The Morgan fingerprint density at radius 2 is 2.00 bits per heavy atom. The van der Waals surface area contributed by atoms with Crippen molar-refractivity contribution in [3.8, 4) is 0 Å². The summed E-state index contributed by atoms with van der Waals surface area (Å²) in [5.74, 6) is -0.306. The Hall–Kier alpha value is -1.65. The third kappa shape index (κ3) is 3.46. The van der Waals surface area contributed by atoms with Crippen LogP contribution in [0.5, 0.6) is 0 Å². The lowest BCUT2D eigenvalue weighted by Gasteiger charge is -2.14. The van der Waals surface area contributed by atoms with Crippen molar-refractivity contribution in [2.24, 2.45) is 0 Å². The number of ether oxygens (including phenoxy) is 2. The van der Waals surface area contributed by atoms with Crippen molar-refractivity contribution in [1.29, 1.82) is 0 Å². The van der Waals surface area contributed by atoms with Crippen molar-refractivity contribution in [3.05, 3.63) is 41.5 Å². The number of benzene rings is 1. The van der Waals surface area contributed by atoms with Gasteiger partial charge in [-0.3, -0.25) is 4.90 Å². The Labute approximate surface area is 120 Å². The highest BCUT2D eigenvalue weighted by molar-refractivity contribution is 5.89. The predicted octanol–water partition coefficient (Wildman–Crippen LogP) is 2.21. The van der Waals surface area contributed by atoms with E-state index in [2.05, 4.69) is 28.8 Å². The van der Waals surface area contributed by atoms with Crippen LogP contribution in [0.3, 0.4) is 0 Å². The molecule has 1 aliphatic rings. The molecule has 20 heavy (non-hydrogen) atoms. The van der Waals surface area contributed by atoms with Gasteiger partial charge in [0.15, 0.2) is 0 Å². The summed E-state index contributed by atoms with van der Waals surface area (Å²) in [6, 6.07) is 7.81. The van der Waals surface area contributed by atoms with E-state index in [0.29, 0.717) is 17.7 Å². The molecule has 2 rings (SSSR count). The van der Waals surface area contributed by atoms with Crippen molar-refractivity contribution >= 4 is 12.0 Å². The molecule has 1 aromatic carbocycles. The van der Waals surface area contributed by atoms with Gasteiger partial charge in [0.2, 0.25) is 0 Å². The summed E-state index contributed by atoms with van der Waals surface area (Å²) in [4.78, 5) is 13.6. The molecule has 2 atom stereocenters. The zero-order valence-electron chi connectivity index (χ0n) is 12.2. The molecule has 1 heterocycles. The first-order valence-electron chi connectivity index (χ1n) is 6.73. The first kappa shape index (κ1) is 14.8. The second kappa shape index (κ2) is 6.68.